The molecule has 20 heavy (non-hydrogen) atoms. The summed E-state index contributed by atoms with van der Waals surface area (Å²) in [5.41, 5.74) is 6.88. The van der Waals surface area contributed by atoms with E-state index in [0.717, 1.165) is 29.6 Å². The zero-order valence-corrected chi connectivity index (χ0v) is 11.8. The average Bonchev–Trinajstić information content (AvgIpc) is 3.01. The molecule has 3 rings (SSSR count). The van der Waals surface area contributed by atoms with E-state index in [2.05, 4.69) is 32.2 Å². The third kappa shape index (κ3) is 2.85. The zero-order chi connectivity index (χ0) is 13.8. The Balaban J connectivity index is 1.79. The molecule has 0 amide bonds. The first-order chi connectivity index (χ1) is 9.86. The minimum absolute atomic E-state index is 0.0204. The number of nitrogens with two attached hydrogens (primary N) is 1. The van der Waals surface area contributed by atoms with Crippen molar-refractivity contribution in [1.29, 1.82) is 0 Å². The van der Waals surface area contributed by atoms with E-state index in [0.29, 0.717) is 0 Å². The fraction of sp³-hybridized carbons (Fsp3) is 0.200. The van der Waals surface area contributed by atoms with Crippen LogP contribution in [-0.2, 0) is 6.42 Å². The number of fused-ring (bicyclic) bond motifs is 1. The van der Waals surface area contributed by atoms with E-state index in [1.54, 1.807) is 17.5 Å². The van der Waals surface area contributed by atoms with Gasteiger partial charge in [-0.2, -0.15) is 11.3 Å². The molecule has 0 aliphatic rings. The molecule has 0 spiro atoms. The molecule has 1 aromatic carbocycles. The standard InChI is InChI=1S/C15H16N4S/c16-19-14(6-5-11-7-8-20-10-11)15-9-17-12-3-1-2-4-13(12)18-15/h1-4,7-10,14,19H,5-6,16H2. The molecule has 1 unspecified atom stereocenters. The van der Waals surface area contributed by atoms with Gasteiger partial charge in [0.1, 0.15) is 0 Å². The molecule has 0 saturated heterocycles. The normalized spacial score (nSPS) is 12.7. The van der Waals surface area contributed by atoms with Crippen molar-refractivity contribution in [1.82, 2.24) is 15.4 Å². The van der Waals surface area contributed by atoms with E-state index in [1.165, 1.54) is 5.56 Å². The first-order valence-corrected chi connectivity index (χ1v) is 7.50. The van der Waals surface area contributed by atoms with Crippen molar-refractivity contribution in [3.8, 4) is 0 Å². The summed E-state index contributed by atoms with van der Waals surface area (Å²) < 4.78 is 0. The second-order valence-corrected chi connectivity index (χ2v) is 5.45. The summed E-state index contributed by atoms with van der Waals surface area (Å²) in [6, 6.07) is 10.0. The van der Waals surface area contributed by atoms with Crippen LogP contribution in [0.15, 0.2) is 47.3 Å². The number of nitrogens with one attached hydrogen (secondary N) is 1. The van der Waals surface area contributed by atoms with Gasteiger partial charge in [0.15, 0.2) is 0 Å². The number of hydrogen-bond donors (Lipinski definition) is 2. The van der Waals surface area contributed by atoms with Crippen LogP contribution in [0.3, 0.4) is 0 Å². The van der Waals surface area contributed by atoms with Crippen LogP contribution in [-0.4, -0.2) is 9.97 Å². The van der Waals surface area contributed by atoms with Gasteiger partial charge >= 0.3 is 0 Å². The quantitative estimate of drug-likeness (QED) is 0.558. The molecule has 0 aliphatic carbocycles. The Morgan fingerprint density at radius 3 is 2.80 bits per heavy atom. The summed E-state index contributed by atoms with van der Waals surface area (Å²) in [5.74, 6) is 5.67. The number of benzene rings is 1. The number of hydrazine groups is 1. The highest BCUT2D eigenvalue weighted by Gasteiger charge is 2.12. The molecule has 2 heterocycles. The molecule has 0 fully saturated rings. The van der Waals surface area contributed by atoms with Gasteiger partial charge in [-0.15, -0.1) is 0 Å². The van der Waals surface area contributed by atoms with Crippen molar-refractivity contribution in [3.05, 3.63) is 58.5 Å². The predicted molar refractivity (Wildman–Crippen MR) is 82.2 cm³/mol. The first kappa shape index (κ1) is 13.2. The van der Waals surface area contributed by atoms with Gasteiger partial charge in [0.05, 0.1) is 29.0 Å². The molecule has 2 aromatic heterocycles. The van der Waals surface area contributed by atoms with Crippen LogP contribution in [0.5, 0.6) is 0 Å². The average molecular weight is 284 g/mol. The van der Waals surface area contributed by atoms with Crippen molar-refractivity contribution in [2.24, 2.45) is 5.84 Å². The van der Waals surface area contributed by atoms with E-state index in [-0.39, 0.29) is 6.04 Å². The lowest BCUT2D eigenvalue weighted by Crippen LogP contribution is -2.29. The number of rotatable bonds is 5. The van der Waals surface area contributed by atoms with Crippen LogP contribution in [0.25, 0.3) is 11.0 Å². The fourth-order valence-electron chi connectivity index (χ4n) is 2.20. The van der Waals surface area contributed by atoms with Gasteiger partial charge in [-0.3, -0.25) is 16.3 Å². The highest BCUT2D eigenvalue weighted by molar-refractivity contribution is 7.07. The molecule has 0 saturated carbocycles. The summed E-state index contributed by atoms with van der Waals surface area (Å²) in [7, 11) is 0. The van der Waals surface area contributed by atoms with E-state index in [4.69, 9.17) is 5.84 Å². The summed E-state index contributed by atoms with van der Waals surface area (Å²) in [5, 5.41) is 4.26. The Bertz CT molecular complexity index is 681. The number of hydrogen-bond acceptors (Lipinski definition) is 5. The maximum atomic E-state index is 5.67. The number of nitrogens with zero attached hydrogens (tertiary/aromatic N) is 2. The van der Waals surface area contributed by atoms with Crippen LogP contribution >= 0.6 is 11.3 Å². The van der Waals surface area contributed by atoms with Gasteiger partial charge in [-0.05, 0) is 47.4 Å². The van der Waals surface area contributed by atoms with E-state index in [9.17, 15) is 0 Å². The third-order valence-electron chi connectivity index (χ3n) is 3.33. The number of para-hydroxylation sites is 2. The Morgan fingerprint density at radius 1 is 1.20 bits per heavy atom. The Hall–Kier alpha value is -1.82. The molecule has 3 aromatic rings. The Labute approximate surface area is 121 Å². The van der Waals surface area contributed by atoms with Gasteiger partial charge < -0.3 is 0 Å². The van der Waals surface area contributed by atoms with E-state index < -0.39 is 0 Å². The lowest BCUT2D eigenvalue weighted by atomic mass is 10.1. The monoisotopic (exact) mass is 284 g/mol. The van der Waals surface area contributed by atoms with Crippen molar-refractivity contribution in [2.75, 3.05) is 0 Å². The van der Waals surface area contributed by atoms with E-state index >= 15 is 0 Å². The number of aryl methyl sites for hydroxylation is 1. The van der Waals surface area contributed by atoms with Gasteiger partial charge in [0, 0.05) is 0 Å². The largest absolute Gasteiger partial charge is 0.271 e. The molecule has 3 N–H and O–H groups in total. The summed E-state index contributed by atoms with van der Waals surface area (Å²) in [6.45, 7) is 0. The maximum absolute atomic E-state index is 5.67. The zero-order valence-electron chi connectivity index (χ0n) is 11.0. The van der Waals surface area contributed by atoms with Crippen LogP contribution in [0.1, 0.15) is 23.7 Å². The van der Waals surface area contributed by atoms with Crippen molar-refractivity contribution in [3.63, 3.8) is 0 Å². The van der Waals surface area contributed by atoms with Crippen LogP contribution < -0.4 is 11.3 Å². The molecular weight excluding hydrogens is 268 g/mol. The maximum Gasteiger partial charge on any atom is 0.0890 e. The molecule has 1 atom stereocenters. The van der Waals surface area contributed by atoms with Crippen molar-refractivity contribution < 1.29 is 0 Å². The molecule has 0 bridgehead atoms. The predicted octanol–water partition coefficient (Wildman–Crippen LogP) is 2.83. The Morgan fingerprint density at radius 2 is 2.05 bits per heavy atom. The topological polar surface area (TPSA) is 63.8 Å². The third-order valence-corrected chi connectivity index (χ3v) is 4.06. The fourth-order valence-corrected chi connectivity index (χ4v) is 2.91. The molecule has 0 radical (unpaired) electrons. The first-order valence-electron chi connectivity index (χ1n) is 6.55. The lowest BCUT2D eigenvalue weighted by molar-refractivity contribution is 0.505. The minimum atomic E-state index is 0.0204. The van der Waals surface area contributed by atoms with Crippen LogP contribution in [0, 0.1) is 0 Å². The van der Waals surface area contributed by atoms with Crippen LogP contribution in [0.2, 0.25) is 0 Å². The minimum Gasteiger partial charge on any atom is -0.271 e. The van der Waals surface area contributed by atoms with E-state index in [1.807, 2.05) is 24.3 Å². The SMILES string of the molecule is NNC(CCc1ccsc1)c1cnc2ccccc2n1. The second kappa shape index (κ2) is 6.09. The molecule has 5 heteroatoms. The van der Waals surface area contributed by atoms with Gasteiger partial charge in [0.25, 0.3) is 0 Å². The summed E-state index contributed by atoms with van der Waals surface area (Å²) in [6.07, 6.45) is 3.69. The highest BCUT2D eigenvalue weighted by Crippen LogP contribution is 2.19. The molecule has 102 valence electrons. The lowest BCUT2D eigenvalue weighted by Gasteiger charge is -2.15. The van der Waals surface area contributed by atoms with Crippen molar-refractivity contribution in [2.45, 2.75) is 18.9 Å². The highest BCUT2D eigenvalue weighted by atomic mass is 32.1. The molecule has 4 nitrogen and oxygen atoms in total. The summed E-state index contributed by atoms with van der Waals surface area (Å²) in [4.78, 5) is 9.08. The van der Waals surface area contributed by atoms with Gasteiger partial charge in [0.2, 0.25) is 0 Å². The smallest absolute Gasteiger partial charge is 0.0890 e. The molecular formula is C15H16N4S. The van der Waals surface area contributed by atoms with Crippen molar-refractivity contribution >= 4 is 22.4 Å². The number of thiophene rings is 1. The van der Waals surface area contributed by atoms with Gasteiger partial charge in [-0.25, -0.2) is 4.98 Å². The van der Waals surface area contributed by atoms with Gasteiger partial charge in [-0.1, -0.05) is 12.1 Å². The molecule has 0 aliphatic heterocycles. The second-order valence-electron chi connectivity index (χ2n) is 4.67. The van der Waals surface area contributed by atoms with Crippen LogP contribution in [0.4, 0.5) is 0 Å². The summed E-state index contributed by atoms with van der Waals surface area (Å²) >= 11 is 1.72. The Kier molecular flexibility index (Phi) is 4.01. The number of aromatic nitrogens is 2.